The third kappa shape index (κ3) is 7.59. The Balaban J connectivity index is 0.00000512. The molecule has 0 N–H and O–H groups in total. The van der Waals surface area contributed by atoms with Crippen LogP contribution in [0, 0.1) is 18.8 Å². The normalized spacial score (nSPS) is 13.6. The van der Waals surface area contributed by atoms with Crippen molar-refractivity contribution >= 4 is 44.6 Å². The van der Waals surface area contributed by atoms with E-state index >= 15 is 0 Å². The van der Waals surface area contributed by atoms with Crippen molar-refractivity contribution in [1.82, 2.24) is 9.55 Å². The molecule has 5 nitrogen and oxygen atoms in total. The largest absolute Gasteiger partial charge is 0.509 e. The number of ether oxygens (including phenoxy) is 1. The maximum absolute atomic E-state index is 6.82. The maximum atomic E-state index is 6.82. The van der Waals surface area contributed by atoms with Crippen LogP contribution in [0.15, 0.2) is 109 Å². The first-order valence-electron chi connectivity index (χ1n) is 20.1. The Kier molecular flexibility index (Phi) is 10.5. The summed E-state index contributed by atoms with van der Waals surface area (Å²) in [4.78, 5) is 9.52. The minimum absolute atomic E-state index is 0. The van der Waals surface area contributed by atoms with Crippen LogP contribution in [0.2, 0.25) is 0 Å². The minimum Gasteiger partial charge on any atom is -0.509 e. The number of pyridine rings is 1. The van der Waals surface area contributed by atoms with Gasteiger partial charge in [-0.25, -0.2) is 4.98 Å². The van der Waals surface area contributed by atoms with Gasteiger partial charge < -0.3 is 19.1 Å². The molecule has 8 rings (SSSR count). The van der Waals surface area contributed by atoms with E-state index in [9.17, 15) is 0 Å². The van der Waals surface area contributed by atoms with E-state index in [4.69, 9.17) is 9.72 Å². The Bertz CT molecular complexity index is 2610. The molecule has 0 atom stereocenters. The molecule has 6 heteroatoms. The van der Waals surface area contributed by atoms with E-state index in [0.717, 1.165) is 50.2 Å². The molecule has 0 saturated heterocycles. The van der Waals surface area contributed by atoms with Crippen LogP contribution in [0.1, 0.15) is 105 Å². The van der Waals surface area contributed by atoms with Gasteiger partial charge in [0.05, 0.1) is 0 Å². The summed E-state index contributed by atoms with van der Waals surface area (Å²) in [5, 5.41) is 2.25. The third-order valence-corrected chi connectivity index (χ3v) is 11.1. The molecular formula is C52H55N4OPt-3. The molecule has 0 aliphatic carbocycles. The van der Waals surface area contributed by atoms with Crippen LogP contribution >= 0.6 is 0 Å². The molecule has 3 heterocycles. The number of para-hydroxylation sites is 4. The number of anilines is 4. The number of fused-ring (bicyclic) bond motifs is 4. The number of nitrogens with zero attached hydrogens (tertiary/aromatic N) is 4. The van der Waals surface area contributed by atoms with Crippen molar-refractivity contribution < 1.29 is 25.8 Å². The van der Waals surface area contributed by atoms with Gasteiger partial charge in [-0.2, -0.15) is 6.07 Å². The summed E-state index contributed by atoms with van der Waals surface area (Å²) in [6, 6.07) is 44.1. The molecule has 0 unspecified atom stereocenters. The average molecular weight is 947 g/mol. The first kappa shape index (κ1) is 41.3. The van der Waals surface area contributed by atoms with E-state index < -0.39 is 0 Å². The fourth-order valence-electron chi connectivity index (χ4n) is 7.94. The smallest absolute Gasteiger partial charge is 0.135 e. The summed E-state index contributed by atoms with van der Waals surface area (Å²) in [5.74, 6) is 2.12. The molecule has 1 aliphatic heterocycles. The molecule has 2 aromatic heterocycles. The van der Waals surface area contributed by atoms with E-state index in [1.807, 2.05) is 12.3 Å². The molecule has 0 fully saturated rings. The molecular weight excluding hydrogens is 892 g/mol. The fraction of sp³-hybridized carbons (Fsp3) is 0.308. The van der Waals surface area contributed by atoms with Gasteiger partial charge >= 0.3 is 0 Å². The second kappa shape index (κ2) is 14.8. The molecule has 0 amide bonds. The second-order valence-corrected chi connectivity index (χ2v) is 19.6. The maximum Gasteiger partial charge on any atom is 0.135 e. The van der Waals surface area contributed by atoms with E-state index in [0.29, 0.717) is 11.5 Å². The van der Waals surface area contributed by atoms with Crippen LogP contribution < -0.4 is 14.5 Å². The van der Waals surface area contributed by atoms with Crippen molar-refractivity contribution in [2.24, 2.45) is 0 Å². The van der Waals surface area contributed by atoms with Crippen molar-refractivity contribution in [3.05, 3.63) is 150 Å². The van der Waals surface area contributed by atoms with Gasteiger partial charge in [0.15, 0.2) is 0 Å². The van der Waals surface area contributed by atoms with Crippen molar-refractivity contribution in [2.75, 3.05) is 9.80 Å². The summed E-state index contributed by atoms with van der Waals surface area (Å²) in [5.41, 5.74) is 11.1. The quantitative estimate of drug-likeness (QED) is 0.161. The van der Waals surface area contributed by atoms with Gasteiger partial charge in [0.1, 0.15) is 5.82 Å². The molecule has 302 valence electrons. The zero-order chi connectivity index (χ0) is 40.7. The standard InChI is InChI=1S/C52H55N4O.Pt/c1-49(2,3)34-26-27-53-47(30-34)56-43-21-14-13-18-39(43)40-25-24-37(32-46(40)56)57-38-29-35(50(4,5)6)28-36(31-38)54-33-55(45-23-16-15-22-44(45)54)48-41(51(7,8)9)19-17-20-42(48)52(10,11)12;/h13-30,33H,1-12H3;/q-3;. The van der Waals surface area contributed by atoms with Crippen LogP contribution in [0.25, 0.3) is 27.6 Å². The van der Waals surface area contributed by atoms with E-state index in [2.05, 4.69) is 213 Å². The van der Waals surface area contributed by atoms with Crippen LogP contribution in [0.4, 0.5) is 22.7 Å². The second-order valence-electron chi connectivity index (χ2n) is 19.6. The minimum atomic E-state index is -0.150. The summed E-state index contributed by atoms with van der Waals surface area (Å²) in [6.07, 6.45) is 1.91. The van der Waals surface area contributed by atoms with Crippen molar-refractivity contribution in [2.45, 2.75) is 105 Å². The number of aromatic nitrogens is 2. The Morgan fingerprint density at radius 2 is 1.17 bits per heavy atom. The van der Waals surface area contributed by atoms with Crippen LogP contribution in [-0.2, 0) is 42.7 Å². The SMILES string of the molecule is CC(C)(C)c1cc(Oc2[c-]c3c(cc2)c2ccccc2n3-c2cc(C(C)(C)C)ccn2)[c-]c(N2[CH-]N(c3c(C(C)(C)C)cccc3C(C)(C)C)c3ccccc32)c1.[Pt]. The molecule has 1 aliphatic rings. The van der Waals surface area contributed by atoms with Crippen molar-refractivity contribution in [1.29, 1.82) is 0 Å². The third-order valence-electron chi connectivity index (χ3n) is 11.1. The summed E-state index contributed by atoms with van der Waals surface area (Å²) >= 11 is 0. The summed E-state index contributed by atoms with van der Waals surface area (Å²) in [6.45, 7) is 29.5. The Morgan fingerprint density at radius 1 is 0.552 bits per heavy atom. The Hall–Kier alpha value is -4.86. The van der Waals surface area contributed by atoms with Crippen molar-refractivity contribution in [3.8, 4) is 17.3 Å². The average Bonchev–Trinajstić information content (AvgIpc) is 3.69. The molecule has 0 saturated carbocycles. The van der Waals surface area contributed by atoms with Gasteiger partial charge in [-0.05, 0) is 74.1 Å². The number of hydrogen-bond acceptors (Lipinski definition) is 4. The first-order chi connectivity index (χ1) is 26.8. The zero-order valence-corrected chi connectivity index (χ0v) is 38.3. The monoisotopic (exact) mass is 946 g/mol. The van der Waals surface area contributed by atoms with Crippen molar-refractivity contribution in [3.63, 3.8) is 0 Å². The number of hydrogen-bond donors (Lipinski definition) is 0. The fourth-order valence-corrected chi connectivity index (χ4v) is 7.94. The molecule has 58 heavy (non-hydrogen) atoms. The van der Waals surface area contributed by atoms with Gasteiger partial charge in [-0.15, -0.1) is 53.6 Å². The predicted octanol–water partition coefficient (Wildman–Crippen LogP) is 14.2. The van der Waals surface area contributed by atoms with Gasteiger partial charge in [-0.1, -0.05) is 137 Å². The molecule has 7 aromatic rings. The number of rotatable bonds is 5. The van der Waals surface area contributed by atoms with Crippen LogP contribution in [0.5, 0.6) is 11.5 Å². The Labute approximate surface area is 360 Å². The first-order valence-corrected chi connectivity index (χ1v) is 20.1. The van der Waals surface area contributed by atoms with Gasteiger partial charge in [0, 0.05) is 61.3 Å². The number of benzene rings is 5. The van der Waals surface area contributed by atoms with Crippen LogP contribution in [0.3, 0.4) is 0 Å². The molecule has 0 bridgehead atoms. The molecule has 5 aromatic carbocycles. The van der Waals surface area contributed by atoms with E-state index in [1.54, 1.807) is 0 Å². The zero-order valence-electron chi connectivity index (χ0n) is 36.0. The Morgan fingerprint density at radius 3 is 1.81 bits per heavy atom. The van der Waals surface area contributed by atoms with Gasteiger partial charge in [0.2, 0.25) is 0 Å². The van der Waals surface area contributed by atoms with Gasteiger partial charge in [0.25, 0.3) is 0 Å². The van der Waals surface area contributed by atoms with E-state index in [1.165, 1.54) is 22.4 Å². The topological polar surface area (TPSA) is 33.5 Å². The predicted molar refractivity (Wildman–Crippen MR) is 239 cm³/mol. The van der Waals surface area contributed by atoms with Crippen LogP contribution in [-0.4, -0.2) is 9.55 Å². The summed E-state index contributed by atoms with van der Waals surface area (Å²) in [7, 11) is 0. The van der Waals surface area contributed by atoms with Gasteiger partial charge in [-0.3, -0.25) is 0 Å². The summed E-state index contributed by atoms with van der Waals surface area (Å²) < 4.78 is 9.02. The van der Waals surface area contributed by atoms with E-state index in [-0.39, 0.29) is 42.7 Å². The molecule has 0 spiro atoms. The molecule has 0 radical (unpaired) electrons.